The van der Waals surface area contributed by atoms with Crippen molar-refractivity contribution in [1.29, 1.82) is 0 Å². The molecule has 23 heavy (non-hydrogen) atoms. The molecular formula is C19H29N3O. The molecule has 0 atom stereocenters. The number of hydrogen-bond acceptors (Lipinski definition) is 3. The minimum absolute atomic E-state index is 0.239. The molecule has 1 aliphatic heterocycles. The first-order chi connectivity index (χ1) is 11.3. The molecule has 1 aliphatic carbocycles. The lowest BCUT2D eigenvalue weighted by Crippen LogP contribution is -2.47. The highest BCUT2D eigenvalue weighted by atomic mass is 16.1. The quantitative estimate of drug-likeness (QED) is 0.874. The first-order valence-electron chi connectivity index (χ1n) is 9.07. The Morgan fingerprint density at radius 3 is 2.35 bits per heavy atom. The number of amides is 1. The van der Waals surface area contributed by atoms with Gasteiger partial charge in [-0.1, -0.05) is 43.2 Å². The van der Waals surface area contributed by atoms with Crippen molar-refractivity contribution in [3.63, 3.8) is 0 Å². The van der Waals surface area contributed by atoms with Crippen molar-refractivity contribution in [2.24, 2.45) is 0 Å². The van der Waals surface area contributed by atoms with E-state index in [0.717, 1.165) is 39.3 Å². The third-order valence-electron chi connectivity index (χ3n) is 5.09. The van der Waals surface area contributed by atoms with E-state index in [2.05, 4.69) is 45.4 Å². The summed E-state index contributed by atoms with van der Waals surface area (Å²) in [5, 5.41) is 3.18. The van der Waals surface area contributed by atoms with E-state index in [1.807, 2.05) is 0 Å². The predicted molar refractivity (Wildman–Crippen MR) is 93.2 cm³/mol. The minimum Gasteiger partial charge on any atom is -0.353 e. The lowest BCUT2D eigenvalue weighted by molar-refractivity contribution is -0.122. The monoisotopic (exact) mass is 315 g/mol. The van der Waals surface area contributed by atoms with E-state index in [1.54, 1.807) is 0 Å². The highest BCUT2D eigenvalue weighted by molar-refractivity contribution is 5.76. The number of piperazine rings is 1. The largest absolute Gasteiger partial charge is 0.353 e. The van der Waals surface area contributed by atoms with Gasteiger partial charge in [-0.3, -0.25) is 9.69 Å². The van der Waals surface area contributed by atoms with Gasteiger partial charge in [0.1, 0.15) is 0 Å². The number of carbonyl (C=O) groups is 1. The minimum atomic E-state index is 0.239. The topological polar surface area (TPSA) is 35.6 Å². The van der Waals surface area contributed by atoms with Gasteiger partial charge in [-0.2, -0.15) is 0 Å². The van der Waals surface area contributed by atoms with Crippen LogP contribution in [0, 0.1) is 0 Å². The summed E-state index contributed by atoms with van der Waals surface area (Å²) in [6.07, 6.45) is 5.53. The van der Waals surface area contributed by atoms with Crippen molar-refractivity contribution in [3.8, 4) is 0 Å². The van der Waals surface area contributed by atoms with E-state index in [0.29, 0.717) is 12.5 Å². The molecule has 2 fully saturated rings. The Labute approximate surface area is 139 Å². The molecule has 0 unspecified atom stereocenters. The molecule has 1 saturated heterocycles. The predicted octanol–water partition coefficient (Wildman–Crippen LogP) is 2.25. The van der Waals surface area contributed by atoms with Crippen molar-refractivity contribution in [2.75, 3.05) is 32.7 Å². The van der Waals surface area contributed by atoms with Crippen LogP contribution in [0.2, 0.25) is 0 Å². The highest BCUT2D eigenvalue weighted by Crippen LogP contribution is 2.17. The van der Waals surface area contributed by atoms with Gasteiger partial charge in [-0.05, 0) is 18.4 Å². The average molecular weight is 315 g/mol. The molecule has 4 heteroatoms. The summed E-state index contributed by atoms with van der Waals surface area (Å²) in [5.74, 6) is 0.239. The van der Waals surface area contributed by atoms with E-state index < -0.39 is 0 Å². The highest BCUT2D eigenvalue weighted by Gasteiger charge is 2.19. The first-order valence-corrected chi connectivity index (χ1v) is 9.07. The third-order valence-corrected chi connectivity index (χ3v) is 5.09. The van der Waals surface area contributed by atoms with Crippen molar-refractivity contribution >= 4 is 5.91 Å². The zero-order valence-corrected chi connectivity index (χ0v) is 14.0. The van der Waals surface area contributed by atoms with Crippen LogP contribution in [0.25, 0.3) is 0 Å². The number of nitrogens with one attached hydrogen (secondary N) is 1. The molecule has 1 N–H and O–H groups in total. The summed E-state index contributed by atoms with van der Waals surface area (Å²) < 4.78 is 0. The fraction of sp³-hybridized carbons (Fsp3) is 0.632. The van der Waals surface area contributed by atoms with Gasteiger partial charge in [0.2, 0.25) is 5.91 Å². The van der Waals surface area contributed by atoms with Crippen LogP contribution in [0.15, 0.2) is 30.3 Å². The lowest BCUT2D eigenvalue weighted by atomic mass is 10.2. The number of hydrogen-bond donors (Lipinski definition) is 1. The van der Waals surface area contributed by atoms with Gasteiger partial charge in [0.05, 0.1) is 0 Å². The molecule has 1 amide bonds. The molecule has 0 aromatic heterocycles. The Morgan fingerprint density at radius 2 is 1.65 bits per heavy atom. The molecule has 1 heterocycles. The van der Waals surface area contributed by atoms with Crippen LogP contribution in [-0.4, -0.2) is 54.5 Å². The molecule has 1 aromatic carbocycles. The molecule has 0 bridgehead atoms. The van der Waals surface area contributed by atoms with E-state index in [4.69, 9.17) is 0 Å². The Kier molecular flexibility index (Phi) is 6.06. The van der Waals surface area contributed by atoms with Gasteiger partial charge in [-0.25, -0.2) is 0 Å². The number of rotatable bonds is 6. The van der Waals surface area contributed by atoms with Crippen molar-refractivity contribution in [1.82, 2.24) is 15.1 Å². The van der Waals surface area contributed by atoms with Crippen molar-refractivity contribution in [3.05, 3.63) is 35.9 Å². The van der Waals surface area contributed by atoms with Crippen LogP contribution < -0.4 is 5.32 Å². The maximum atomic E-state index is 12.0. The zero-order valence-electron chi connectivity index (χ0n) is 14.0. The maximum Gasteiger partial charge on any atom is 0.221 e. The van der Waals surface area contributed by atoms with Gasteiger partial charge in [0.25, 0.3) is 0 Å². The Hall–Kier alpha value is -1.39. The molecular weight excluding hydrogens is 286 g/mol. The maximum absolute atomic E-state index is 12.0. The van der Waals surface area contributed by atoms with E-state index in [-0.39, 0.29) is 5.91 Å². The van der Waals surface area contributed by atoms with E-state index in [9.17, 15) is 4.79 Å². The summed E-state index contributed by atoms with van der Waals surface area (Å²) >= 11 is 0. The Balaban J connectivity index is 1.32. The van der Waals surface area contributed by atoms with Crippen LogP contribution in [0.5, 0.6) is 0 Å². The second-order valence-corrected chi connectivity index (χ2v) is 6.90. The van der Waals surface area contributed by atoms with Gasteiger partial charge in [0.15, 0.2) is 0 Å². The summed E-state index contributed by atoms with van der Waals surface area (Å²) in [5.41, 5.74) is 1.39. The molecule has 1 aromatic rings. The first kappa shape index (κ1) is 16.5. The molecule has 3 rings (SSSR count). The summed E-state index contributed by atoms with van der Waals surface area (Å²) in [7, 11) is 0. The standard InChI is InChI=1S/C19H29N3O/c23-19(20-18-8-4-5-9-18)10-11-21-12-14-22(15-13-21)16-17-6-2-1-3-7-17/h1-3,6-7,18H,4-5,8-16H2,(H,20,23). The van der Waals surface area contributed by atoms with Crippen LogP contribution in [-0.2, 0) is 11.3 Å². The van der Waals surface area contributed by atoms with Crippen LogP contribution >= 0.6 is 0 Å². The molecule has 2 aliphatic rings. The normalized spacial score (nSPS) is 20.7. The number of nitrogens with zero attached hydrogens (tertiary/aromatic N) is 2. The second kappa shape index (κ2) is 8.46. The summed E-state index contributed by atoms with van der Waals surface area (Å²) in [6.45, 7) is 6.28. The molecule has 1 saturated carbocycles. The third kappa shape index (κ3) is 5.33. The molecule has 0 spiro atoms. The van der Waals surface area contributed by atoms with E-state index >= 15 is 0 Å². The van der Waals surface area contributed by atoms with Gasteiger partial charge in [-0.15, -0.1) is 0 Å². The summed E-state index contributed by atoms with van der Waals surface area (Å²) in [6, 6.07) is 11.1. The molecule has 4 nitrogen and oxygen atoms in total. The van der Waals surface area contributed by atoms with Crippen LogP contribution in [0.3, 0.4) is 0 Å². The molecule has 126 valence electrons. The van der Waals surface area contributed by atoms with Crippen molar-refractivity contribution in [2.45, 2.75) is 44.7 Å². The van der Waals surface area contributed by atoms with Crippen molar-refractivity contribution < 1.29 is 4.79 Å². The second-order valence-electron chi connectivity index (χ2n) is 6.90. The fourth-order valence-corrected chi connectivity index (χ4v) is 3.64. The SMILES string of the molecule is O=C(CCN1CCN(Cc2ccccc2)CC1)NC1CCCC1. The van der Waals surface area contributed by atoms with Gasteiger partial charge in [0, 0.05) is 51.7 Å². The number of carbonyl (C=O) groups excluding carboxylic acids is 1. The zero-order chi connectivity index (χ0) is 15.9. The van der Waals surface area contributed by atoms with Crippen LogP contribution in [0.1, 0.15) is 37.7 Å². The Morgan fingerprint density at radius 1 is 1.00 bits per heavy atom. The fourth-order valence-electron chi connectivity index (χ4n) is 3.64. The average Bonchev–Trinajstić information content (AvgIpc) is 3.08. The van der Waals surface area contributed by atoms with E-state index in [1.165, 1.54) is 31.2 Å². The molecule has 0 radical (unpaired) electrons. The van der Waals surface area contributed by atoms with Gasteiger partial charge < -0.3 is 10.2 Å². The summed E-state index contributed by atoms with van der Waals surface area (Å²) in [4.78, 5) is 16.9. The Bertz CT molecular complexity index is 477. The van der Waals surface area contributed by atoms with Gasteiger partial charge >= 0.3 is 0 Å². The lowest BCUT2D eigenvalue weighted by Gasteiger charge is -2.34. The smallest absolute Gasteiger partial charge is 0.221 e. The van der Waals surface area contributed by atoms with Crippen LogP contribution in [0.4, 0.5) is 0 Å². The number of benzene rings is 1.